The van der Waals surface area contributed by atoms with Crippen molar-refractivity contribution in [3.05, 3.63) is 136 Å². The summed E-state index contributed by atoms with van der Waals surface area (Å²) in [6.07, 6.45) is 3.72. The Bertz CT molecular complexity index is 2100. The number of carbonyl (C=O) groups is 2. The summed E-state index contributed by atoms with van der Waals surface area (Å²) in [6, 6.07) is 32.8. The van der Waals surface area contributed by atoms with Crippen molar-refractivity contribution in [2.45, 2.75) is 112 Å². The maximum Gasteiger partial charge on any atom is 0.238 e. The van der Waals surface area contributed by atoms with Crippen LogP contribution in [-0.2, 0) is 15.0 Å². The molecule has 55 heavy (non-hydrogen) atoms. The highest BCUT2D eigenvalue weighted by Gasteiger charge is 2.77. The molecule has 0 aromatic heterocycles. The summed E-state index contributed by atoms with van der Waals surface area (Å²) in [7, 11) is 0. The third-order valence-corrected chi connectivity index (χ3v) is 13.6. The van der Waals surface area contributed by atoms with Gasteiger partial charge in [-0.1, -0.05) is 104 Å². The van der Waals surface area contributed by atoms with E-state index >= 15 is 9.59 Å². The number of nitrogens with one attached hydrogen (secondary N) is 2. The minimum atomic E-state index is -1.33. The van der Waals surface area contributed by atoms with Crippen LogP contribution in [0.4, 0.5) is 5.69 Å². The number of carbonyl (C=O) groups excluding carboxylic acids is 2. The first-order valence-corrected chi connectivity index (χ1v) is 20.0. The van der Waals surface area contributed by atoms with E-state index in [-0.39, 0.29) is 23.3 Å². The van der Waals surface area contributed by atoms with Crippen LogP contribution in [0.15, 0.2) is 103 Å². The Morgan fingerprint density at radius 2 is 1.55 bits per heavy atom. The Morgan fingerprint density at radius 3 is 2.18 bits per heavy atom. The fourth-order valence-corrected chi connectivity index (χ4v) is 10.9. The molecular formula is C46H49ClN4O4. The van der Waals surface area contributed by atoms with Gasteiger partial charge in [-0.15, -0.1) is 0 Å². The molecule has 4 aliphatic rings. The van der Waals surface area contributed by atoms with E-state index in [1.165, 1.54) is 0 Å². The van der Waals surface area contributed by atoms with E-state index < -0.39 is 41.2 Å². The number of hydrogen-bond acceptors (Lipinski definition) is 6. The predicted octanol–water partition coefficient (Wildman–Crippen LogP) is 8.10. The Morgan fingerprint density at radius 1 is 0.891 bits per heavy atom. The number of rotatable bonds is 7. The van der Waals surface area contributed by atoms with Gasteiger partial charge in [0.2, 0.25) is 11.8 Å². The van der Waals surface area contributed by atoms with Crippen LogP contribution >= 0.6 is 11.6 Å². The van der Waals surface area contributed by atoms with Crippen LogP contribution in [-0.4, -0.2) is 50.7 Å². The van der Waals surface area contributed by atoms with Gasteiger partial charge in [-0.05, 0) is 103 Å². The zero-order valence-corrected chi connectivity index (χ0v) is 32.2. The molecule has 1 saturated heterocycles. The van der Waals surface area contributed by atoms with Crippen molar-refractivity contribution in [2.24, 2.45) is 5.41 Å². The summed E-state index contributed by atoms with van der Waals surface area (Å²) in [5.41, 5.74) is 1.71. The van der Waals surface area contributed by atoms with E-state index in [0.29, 0.717) is 60.4 Å². The van der Waals surface area contributed by atoms with Crippen LogP contribution in [0.25, 0.3) is 0 Å². The molecule has 2 heterocycles. The van der Waals surface area contributed by atoms with Gasteiger partial charge in [0.05, 0.1) is 35.9 Å². The monoisotopic (exact) mass is 756 g/mol. The molecule has 2 amide bonds. The number of nitrogens with zero attached hydrogens (tertiary/aromatic N) is 2. The summed E-state index contributed by atoms with van der Waals surface area (Å²) < 4.78 is 0. The lowest BCUT2D eigenvalue weighted by atomic mass is 9.53. The molecule has 0 radical (unpaired) electrons. The number of aliphatic hydroxyl groups is 2. The third-order valence-electron chi connectivity index (χ3n) is 13.3. The Balaban J connectivity index is 1.46. The fourth-order valence-electron chi connectivity index (χ4n) is 10.7. The lowest BCUT2D eigenvalue weighted by molar-refractivity contribution is -0.137. The average molecular weight is 757 g/mol. The minimum Gasteiger partial charge on any atom is -0.393 e. The smallest absolute Gasteiger partial charge is 0.238 e. The van der Waals surface area contributed by atoms with Gasteiger partial charge < -0.3 is 20.8 Å². The van der Waals surface area contributed by atoms with Gasteiger partial charge in [-0.25, -0.2) is 0 Å². The van der Waals surface area contributed by atoms with Crippen LogP contribution in [0.1, 0.15) is 111 Å². The molecule has 4 aromatic carbocycles. The number of anilines is 1. The van der Waals surface area contributed by atoms with Gasteiger partial charge in [-0.3, -0.25) is 14.5 Å². The lowest BCUT2D eigenvalue weighted by Gasteiger charge is -2.56. The molecule has 2 spiro atoms. The highest BCUT2D eigenvalue weighted by molar-refractivity contribution is 6.30. The SMILES string of the molecule is CC1(C)CCC2(CC1)N([C@H](c1ccccc1)[C@@H](O)c1ccccc1)[C@@H](C(=O)N[C@H]1CC[C@H](O)CC1)[C@H](c1cccc(Cl)c1)C21C(=O)Nc2cc(C#N)ccc21. The second-order valence-electron chi connectivity index (χ2n) is 16.9. The number of amides is 2. The van der Waals surface area contributed by atoms with Crippen LogP contribution in [0, 0.1) is 16.7 Å². The van der Waals surface area contributed by atoms with Crippen LogP contribution in [0.5, 0.6) is 0 Å². The highest BCUT2D eigenvalue weighted by atomic mass is 35.5. The predicted molar refractivity (Wildman–Crippen MR) is 213 cm³/mol. The van der Waals surface area contributed by atoms with E-state index in [2.05, 4.69) is 35.5 Å². The Kier molecular flexibility index (Phi) is 9.88. The number of benzene rings is 4. The zero-order chi connectivity index (χ0) is 38.5. The second kappa shape index (κ2) is 14.5. The normalized spacial score (nSPS) is 27.9. The van der Waals surface area contributed by atoms with Gasteiger partial charge in [0.1, 0.15) is 5.41 Å². The first-order chi connectivity index (χ1) is 26.5. The maximum atomic E-state index is 15.7. The largest absolute Gasteiger partial charge is 0.393 e. The molecule has 9 heteroatoms. The lowest BCUT2D eigenvalue weighted by Crippen LogP contribution is -2.64. The van der Waals surface area contributed by atoms with Crippen LogP contribution < -0.4 is 10.6 Å². The molecule has 3 fully saturated rings. The molecule has 4 aromatic rings. The first-order valence-electron chi connectivity index (χ1n) is 19.7. The molecule has 284 valence electrons. The van der Waals surface area contributed by atoms with Crippen molar-refractivity contribution in [3.8, 4) is 6.07 Å². The van der Waals surface area contributed by atoms with Gasteiger partial charge in [0, 0.05) is 28.2 Å². The van der Waals surface area contributed by atoms with Gasteiger partial charge in [0.25, 0.3) is 0 Å². The summed E-state index contributed by atoms with van der Waals surface area (Å²) in [5.74, 6) is -1.18. The Hall–Kier alpha value is -4.52. The number of halogens is 1. The second-order valence-corrected chi connectivity index (χ2v) is 17.4. The zero-order valence-electron chi connectivity index (χ0n) is 31.4. The standard InChI is InChI=1S/C46H49ClN4O4/c1-44(2)22-24-45(25-23-44)46(36-21-16-29(28-48)26-37(36)50-43(46)55)38(32-14-9-15-33(47)27-32)40(42(54)49-34-17-19-35(52)20-18-34)51(45)39(30-10-5-3-6-11-30)41(53)31-12-7-4-8-13-31/h3-16,21,26-27,34-35,38-41,52-53H,17-20,22-25H2,1-2H3,(H,49,54)(H,50,55)/t34-,35-,38-,39+,40+,41-,46?/m0/s1. The van der Waals surface area contributed by atoms with Crippen molar-refractivity contribution < 1.29 is 19.8 Å². The summed E-state index contributed by atoms with van der Waals surface area (Å²) in [4.78, 5) is 33.6. The van der Waals surface area contributed by atoms with E-state index in [1.54, 1.807) is 18.2 Å². The molecule has 8 rings (SSSR count). The molecule has 8 nitrogen and oxygen atoms in total. The van der Waals surface area contributed by atoms with Crippen molar-refractivity contribution in [1.29, 1.82) is 5.26 Å². The number of aliphatic hydroxyl groups excluding tert-OH is 2. The molecule has 2 aliphatic heterocycles. The fraction of sp³-hybridized carbons (Fsp3) is 0.413. The number of fused-ring (bicyclic) bond motifs is 3. The van der Waals surface area contributed by atoms with Gasteiger partial charge in [0.15, 0.2) is 0 Å². The van der Waals surface area contributed by atoms with Crippen molar-refractivity contribution in [3.63, 3.8) is 0 Å². The Labute approximate surface area is 328 Å². The summed E-state index contributed by atoms with van der Waals surface area (Å²) >= 11 is 6.82. The van der Waals surface area contributed by atoms with E-state index in [1.807, 2.05) is 84.9 Å². The van der Waals surface area contributed by atoms with Crippen LogP contribution in [0.2, 0.25) is 5.02 Å². The molecular weight excluding hydrogens is 708 g/mol. The van der Waals surface area contributed by atoms with Crippen molar-refractivity contribution in [1.82, 2.24) is 10.2 Å². The van der Waals surface area contributed by atoms with E-state index in [0.717, 1.165) is 29.5 Å². The summed E-state index contributed by atoms with van der Waals surface area (Å²) in [5, 5.41) is 40.4. The van der Waals surface area contributed by atoms with Gasteiger partial charge >= 0.3 is 0 Å². The quantitative estimate of drug-likeness (QED) is 0.151. The minimum absolute atomic E-state index is 0.0319. The van der Waals surface area contributed by atoms with E-state index in [9.17, 15) is 15.5 Å². The van der Waals surface area contributed by atoms with E-state index in [4.69, 9.17) is 11.6 Å². The average Bonchev–Trinajstić information content (AvgIpc) is 3.63. The highest BCUT2D eigenvalue weighted by Crippen LogP contribution is 2.69. The van der Waals surface area contributed by atoms with Crippen molar-refractivity contribution in [2.75, 3.05) is 5.32 Å². The summed E-state index contributed by atoms with van der Waals surface area (Å²) in [6.45, 7) is 4.52. The molecule has 2 aliphatic carbocycles. The number of likely N-dealkylation sites (tertiary alicyclic amines) is 1. The third kappa shape index (κ3) is 6.26. The van der Waals surface area contributed by atoms with Crippen LogP contribution in [0.3, 0.4) is 0 Å². The molecule has 4 N–H and O–H groups in total. The van der Waals surface area contributed by atoms with Crippen molar-refractivity contribution >= 4 is 29.1 Å². The topological polar surface area (TPSA) is 126 Å². The van der Waals surface area contributed by atoms with Gasteiger partial charge in [-0.2, -0.15) is 5.26 Å². The maximum absolute atomic E-state index is 15.7. The number of nitriles is 1. The molecule has 2 saturated carbocycles. The molecule has 1 unspecified atom stereocenters. The first kappa shape index (κ1) is 37.4. The molecule has 5 atom stereocenters. The number of hydrogen-bond donors (Lipinski definition) is 4. The molecule has 0 bridgehead atoms.